The van der Waals surface area contributed by atoms with Gasteiger partial charge in [-0.25, -0.2) is 14.3 Å². The molecule has 0 unspecified atom stereocenters. The maximum Gasteiger partial charge on any atom is 0.330 e. The van der Waals surface area contributed by atoms with E-state index in [1.807, 2.05) is 0 Å². The lowest BCUT2D eigenvalue weighted by Gasteiger charge is -2.19. The molecule has 1 aromatic carbocycles. The normalized spacial score (nSPS) is 13.4. The summed E-state index contributed by atoms with van der Waals surface area (Å²) in [6.07, 6.45) is 2.79. The number of carbonyl (C=O) groups is 4. The number of ether oxygens (including phenoxy) is 1. The van der Waals surface area contributed by atoms with Crippen LogP contribution >= 0.6 is 0 Å². The molecule has 0 saturated carbocycles. The number of carbonyl (C=O) groups excluding carboxylic acids is 4. The molecule has 192 valence electrons. The molecule has 3 heterocycles. The Bertz CT molecular complexity index is 1470. The van der Waals surface area contributed by atoms with Crippen molar-refractivity contribution in [2.45, 2.75) is 26.1 Å². The number of aryl methyl sites for hydroxylation is 1. The number of fused-ring (bicyclic) bond motifs is 1. The van der Waals surface area contributed by atoms with Gasteiger partial charge in [0.05, 0.1) is 31.0 Å². The van der Waals surface area contributed by atoms with Crippen LogP contribution in [0.25, 0.3) is 0 Å². The van der Waals surface area contributed by atoms with Crippen LogP contribution in [0.4, 0.5) is 0 Å². The average Bonchev–Trinajstić information content (AvgIpc) is 3.41. The summed E-state index contributed by atoms with van der Waals surface area (Å²) in [6.45, 7) is 0.636. The van der Waals surface area contributed by atoms with Crippen LogP contribution in [0.15, 0.2) is 46.2 Å². The highest BCUT2D eigenvalue weighted by atomic mass is 16.7. The van der Waals surface area contributed by atoms with Gasteiger partial charge in [0.25, 0.3) is 17.4 Å². The van der Waals surface area contributed by atoms with Crippen LogP contribution in [0, 0.1) is 6.92 Å². The van der Waals surface area contributed by atoms with E-state index in [0.717, 1.165) is 7.11 Å². The molecular formula is C22H21N7O8. The lowest BCUT2D eigenvalue weighted by molar-refractivity contribution is -0.153. The molecule has 3 aromatic rings. The van der Waals surface area contributed by atoms with Crippen LogP contribution in [-0.4, -0.2) is 73.1 Å². The number of rotatable bonds is 9. The van der Waals surface area contributed by atoms with Crippen molar-refractivity contribution >= 4 is 23.7 Å². The lowest BCUT2D eigenvalue weighted by Crippen LogP contribution is -2.47. The SMILES string of the molecule is COC(=O)[C@H](CON1C(=O)c2ccccc2C1=O)NC(=O)Cn1cc(Cn2cc(C)c(=O)[nH]c2=O)nn1. The maximum absolute atomic E-state index is 12.5. The van der Waals surface area contributed by atoms with Crippen molar-refractivity contribution in [1.29, 1.82) is 0 Å². The van der Waals surface area contributed by atoms with E-state index in [1.165, 1.54) is 33.8 Å². The van der Waals surface area contributed by atoms with Gasteiger partial charge in [-0.1, -0.05) is 17.3 Å². The van der Waals surface area contributed by atoms with Gasteiger partial charge < -0.3 is 10.1 Å². The number of nitrogens with one attached hydrogen (secondary N) is 2. The highest BCUT2D eigenvalue weighted by Gasteiger charge is 2.37. The van der Waals surface area contributed by atoms with Crippen LogP contribution in [-0.2, 0) is 32.3 Å². The molecule has 1 aliphatic heterocycles. The maximum atomic E-state index is 12.5. The van der Waals surface area contributed by atoms with Crippen LogP contribution in [0.2, 0.25) is 0 Å². The first-order chi connectivity index (χ1) is 17.7. The predicted octanol–water partition coefficient (Wildman–Crippen LogP) is -1.63. The van der Waals surface area contributed by atoms with Gasteiger partial charge in [0.15, 0.2) is 6.04 Å². The molecule has 0 saturated heterocycles. The fourth-order valence-electron chi connectivity index (χ4n) is 3.53. The summed E-state index contributed by atoms with van der Waals surface area (Å²) in [6, 6.07) is 4.80. The molecule has 1 aliphatic rings. The van der Waals surface area contributed by atoms with Gasteiger partial charge in [0, 0.05) is 11.8 Å². The average molecular weight is 511 g/mol. The zero-order valence-corrected chi connectivity index (χ0v) is 19.7. The molecule has 3 amide bonds. The minimum absolute atomic E-state index is 0.00300. The Labute approximate surface area is 207 Å². The Morgan fingerprint density at radius 1 is 1.08 bits per heavy atom. The zero-order valence-electron chi connectivity index (χ0n) is 19.7. The Morgan fingerprint density at radius 2 is 1.76 bits per heavy atom. The Balaban J connectivity index is 1.37. The van der Waals surface area contributed by atoms with Crippen LogP contribution in [0.1, 0.15) is 32.0 Å². The third-order valence-electron chi connectivity index (χ3n) is 5.36. The standard InChI is InChI=1S/C22H21N7O8/c1-12-7-27(22(35)24-18(12)31)8-13-9-28(26-25-13)10-17(30)23-16(21(34)36-2)11-37-29-19(32)14-5-3-4-6-15(14)20(29)33/h3-7,9,16H,8,10-11H2,1-2H3,(H,23,30)(H,24,31,35)/t16-/m0/s1. The summed E-state index contributed by atoms with van der Waals surface area (Å²) in [4.78, 5) is 80.5. The quantitative estimate of drug-likeness (QED) is 0.249. The molecule has 15 heteroatoms. The largest absolute Gasteiger partial charge is 0.467 e. The fraction of sp³-hybridized carbons (Fsp3) is 0.273. The summed E-state index contributed by atoms with van der Waals surface area (Å²) >= 11 is 0. The Kier molecular flexibility index (Phi) is 7.06. The highest BCUT2D eigenvalue weighted by molar-refractivity contribution is 6.20. The lowest BCUT2D eigenvalue weighted by atomic mass is 10.1. The number of benzene rings is 1. The second-order valence-electron chi connectivity index (χ2n) is 8.00. The van der Waals surface area contributed by atoms with E-state index >= 15 is 0 Å². The van der Waals surface area contributed by atoms with E-state index in [-0.39, 0.29) is 24.2 Å². The molecular weight excluding hydrogens is 490 g/mol. The van der Waals surface area contributed by atoms with Crippen molar-refractivity contribution in [1.82, 2.24) is 34.9 Å². The number of H-pyrrole nitrogens is 1. The predicted molar refractivity (Wildman–Crippen MR) is 122 cm³/mol. The molecule has 15 nitrogen and oxygen atoms in total. The topological polar surface area (TPSA) is 188 Å². The zero-order chi connectivity index (χ0) is 26.7. The van der Waals surface area contributed by atoms with Gasteiger partial charge >= 0.3 is 11.7 Å². The summed E-state index contributed by atoms with van der Waals surface area (Å²) in [5.41, 5.74) is -0.126. The molecule has 2 N–H and O–H groups in total. The minimum atomic E-state index is -1.34. The third kappa shape index (κ3) is 5.35. The number of esters is 1. The number of hydroxylamine groups is 2. The van der Waals surface area contributed by atoms with E-state index in [0.29, 0.717) is 16.3 Å². The van der Waals surface area contributed by atoms with Gasteiger partial charge in [-0.2, -0.15) is 0 Å². The van der Waals surface area contributed by atoms with Crippen molar-refractivity contribution in [2.75, 3.05) is 13.7 Å². The molecule has 4 rings (SSSR count). The number of hydrogen-bond acceptors (Lipinski definition) is 10. The second kappa shape index (κ2) is 10.4. The summed E-state index contributed by atoms with van der Waals surface area (Å²) in [5.74, 6) is -2.92. The number of amides is 3. The van der Waals surface area contributed by atoms with E-state index in [2.05, 4.69) is 25.3 Å². The van der Waals surface area contributed by atoms with Crippen molar-refractivity contribution < 1.29 is 28.8 Å². The first-order valence-corrected chi connectivity index (χ1v) is 10.8. The molecule has 2 aromatic heterocycles. The van der Waals surface area contributed by atoms with Crippen molar-refractivity contribution in [3.63, 3.8) is 0 Å². The molecule has 1 atom stereocenters. The minimum Gasteiger partial charge on any atom is -0.467 e. The molecule has 0 spiro atoms. The number of nitrogens with zero attached hydrogens (tertiary/aromatic N) is 5. The van der Waals surface area contributed by atoms with E-state index in [4.69, 9.17) is 4.84 Å². The number of imide groups is 1. The van der Waals surface area contributed by atoms with Crippen molar-refractivity contribution in [3.05, 3.63) is 79.9 Å². The van der Waals surface area contributed by atoms with Gasteiger partial charge in [0.2, 0.25) is 5.91 Å². The van der Waals surface area contributed by atoms with E-state index in [9.17, 15) is 28.8 Å². The highest BCUT2D eigenvalue weighted by Crippen LogP contribution is 2.22. The van der Waals surface area contributed by atoms with Crippen LogP contribution < -0.4 is 16.6 Å². The number of aromatic amines is 1. The van der Waals surface area contributed by atoms with Gasteiger partial charge in [-0.3, -0.25) is 33.6 Å². The summed E-state index contributed by atoms with van der Waals surface area (Å²) in [5, 5.41) is 10.6. The monoisotopic (exact) mass is 511 g/mol. The molecule has 37 heavy (non-hydrogen) atoms. The van der Waals surface area contributed by atoms with Gasteiger partial charge in [0.1, 0.15) is 18.8 Å². The molecule has 0 radical (unpaired) electrons. The van der Waals surface area contributed by atoms with Gasteiger partial charge in [-0.15, -0.1) is 10.2 Å². The Hall–Kier alpha value is -4.92. The molecule has 0 aliphatic carbocycles. The smallest absolute Gasteiger partial charge is 0.330 e. The molecule has 0 bridgehead atoms. The van der Waals surface area contributed by atoms with Crippen molar-refractivity contribution in [2.24, 2.45) is 0 Å². The number of methoxy groups -OCH3 is 1. The van der Waals surface area contributed by atoms with E-state index in [1.54, 1.807) is 19.1 Å². The molecule has 0 fully saturated rings. The summed E-state index contributed by atoms with van der Waals surface area (Å²) in [7, 11) is 1.10. The third-order valence-corrected chi connectivity index (χ3v) is 5.36. The number of aromatic nitrogens is 5. The van der Waals surface area contributed by atoms with E-state index < -0.39 is 47.6 Å². The fourth-order valence-corrected chi connectivity index (χ4v) is 3.53. The van der Waals surface area contributed by atoms with Gasteiger partial charge in [-0.05, 0) is 19.1 Å². The van der Waals surface area contributed by atoms with Crippen LogP contribution in [0.5, 0.6) is 0 Å². The Morgan fingerprint density at radius 3 is 2.41 bits per heavy atom. The van der Waals surface area contributed by atoms with Crippen LogP contribution in [0.3, 0.4) is 0 Å². The second-order valence-corrected chi connectivity index (χ2v) is 8.00. The number of hydrogen-bond donors (Lipinski definition) is 2. The first kappa shape index (κ1) is 25.2. The first-order valence-electron chi connectivity index (χ1n) is 10.8. The van der Waals surface area contributed by atoms with Crippen molar-refractivity contribution in [3.8, 4) is 0 Å². The summed E-state index contributed by atoms with van der Waals surface area (Å²) < 4.78 is 7.08.